The number of carbonyl (C=O) groups is 1. The summed E-state index contributed by atoms with van der Waals surface area (Å²) < 4.78 is 0. The van der Waals surface area contributed by atoms with E-state index in [0.29, 0.717) is 17.1 Å². The minimum Gasteiger partial charge on any atom is -0.355 e. The Balaban J connectivity index is 1.58. The molecule has 1 heterocycles. The second-order valence-electron chi connectivity index (χ2n) is 6.38. The molecule has 0 unspecified atom stereocenters. The van der Waals surface area contributed by atoms with Crippen LogP contribution < -0.4 is 10.2 Å². The number of hydrogen-bond acceptors (Lipinski definition) is 3. The van der Waals surface area contributed by atoms with Crippen molar-refractivity contribution in [2.45, 2.75) is 13.0 Å². The first-order valence-electron chi connectivity index (χ1n) is 8.85. The number of anilines is 1. The SMILES string of the molecule is CN(Cc1ccccc1)c1cc(C(=O)NCCc2cccc(Cl)c2)ccn1. The molecule has 0 saturated heterocycles. The standard InChI is InChI=1S/C22H22ClN3O/c1-26(16-18-6-3-2-4-7-18)21-15-19(11-13-24-21)22(27)25-12-10-17-8-5-9-20(23)14-17/h2-9,11,13-15H,10,12,16H2,1H3,(H,25,27). The van der Waals surface area contributed by atoms with E-state index < -0.39 is 0 Å². The molecular weight excluding hydrogens is 358 g/mol. The zero-order valence-corrected chi connectivity index (χ0v) is 16.0. The minimum absolute atomic E-state index is 0.103. The van der Waals surface area contributed by atoms with Gasteiger partial charge in [-0.3, -0.25) is 4.79 Å². The van der Waals surface area contributed by atoms with E-state index >= 15 is 0 Å². The first-order valence-corrected chi connectivity index (χ1v) is 9.23. The highest BCUT2D eigenvalue weighted by atomic mass is 35.5. The monoisotopic (exact) mass is 379 g/mol. The summed E-state index contributed by atoms with van der Waals surface area (Å²) in [7, 11) is 1.97. The van der Waals surface area contributed by atoms with Crippen molar-refractivity contribution in [2.75, 3.05) is 18.5 Å². The van der Waals surface area contributed by atoms with E-state index in [4.69, 9.17) is 11.6 Å². The molecule has 4 nitrogen and oxygen atoms in total. The Morgan fingerprint density at radius 1 is 1.04 bits per heavy atom. The topological polar surface area (TPSA) is 45.2 Å². The molecule has 1 amide bonds. The van der Waals surface area contributed by atoms with Crippen molar-refractivity contribution in [3.8, 4) is 0 Å². The summed E-state index contributed by atoms with van der Waals surface area (Å²) in [5.41, 5.74) is 2.89. The lowest BCUT2D eigenvalue weighted by Gasteiger charge is -2.18. The van der Waals surface area contributed by atoms with Gasteiger partial charge >= 0.3 is 0 Å². The van der Waals surface area contributed by atoms with Crippen LogP contribution in [0.1, 0.15) is 21.5 Å². The third-order valence-electron chi connectivity index (χ3n) is 4.25. The van der Waals surface area contributed by atoms with Crippen molar-refractivity contribution in [2.24, 2.45) is 0 Å². The molecule has 5 heteroatoms. The van der Waals surface area contributed by atoms with Crippen molar-refractivity contribution in [3.05, 3.63) is 94.6 Å². The summed E-state index contributed by atoms with van der Waals surface area (Å²) in [5.74, 6) is 0.662. The number of aromatic nitrogens is 1. The van der Waals surface area contributed by atoms with E-state index in [9.17, 15) is 4.79 Å². The van der Waals surface area contributed by atoms with Crippen LogP contribution in [0, 0.1) is 0 Å². The number of nitrogens with zero attached hydrogens (tertiary/aromatic N) is 2. The molecule has 27 heavy (non-hydrogen) atoms. The number of nitrogens with one attached hydrogen (secondary N) is 1. The molecule has 0 aliphatic heterocycles. The lowest BCUT2D eigenvalue weighted by molar-refractivity contribution is 0.0954. The van der Waals surface area contributed by atoms with Gasteiger partial charge in [0, 0.05) is 36.9 Å². The molecule has 1 N–H and O–H groups in total. The molecule has 0 bridgehead atoms. The lowest BCUT2D eigenvalue weighted by atomic mass is 10.1. The smallest absolute Gasteiger partial charge is 0.251 e. The van der Waals surface area contributed by atoms with Gasteiger partial charge in [0.05, 0.1) is 0 Å². The number of benzene rings is 2. The van der Waals surface area contributed by atoms with Gasteiger partial charge in [-0.1, -0.05) is 54.1 Å². The molecule has 0 radical (unpaired) electrons. The van der Waals surface area contributed by atoms with Crippen LogP contribution >= 0.6 is 11.6 Å². The molecule has 2 aromatic carbocycles. The van der Waals surface area contributed by atoms with Gasteiger partial charge in [-0.05, 0) is 41.8 Å². The number of carbonyl (C=O) groups excluding carboxylic acids is 1. The summed E-state index contributed by atoms with van der Waals surface area (Å²) in [6, 6.07) is 21.4. The fraction of sp³-hybridized carbons (Fsp3) is 0.182. The lowest BCUT2D eigenvalue weighted by Crippen LogP contribution is -2.26. The van der Waals surface area contributed by atoms with Crippen LogP contribution in [0.15, 0.2) is 72.9 Å². The number of pyridine rings is 1. The molecule has 3 aromatic rings. The molecule has 3 rings (SSSR count). The molecule has 0 atom stereocenters. The fourth-order valence-corrected chi connectivity index (χ4v) is 3.03. The first kappa shape index (κ1) is 18.9. The second kappa shape index (κ2) is 9.19. The maximum absolute atomic E-state index is 12.5. The van der Waals surface area contributed by atoms with Crippen molar-refractivity contribution >= 4 is 23.3 Å². The second-order valence-corrected chi connectivity index (χ2v) is 6.82. The molecule has 0 aliphatic rings. The highest BCUT2D eigenvalue weighted by Gasteiger charge is 2.09. The fourth-order valence-electron chi connectivity index (χ4n) is 2.82. The Morgan fingerprint density at radius 3 is 2.59 bits per heavy atom. The molecule has 0 spiro atoms. The quantitative estimate of drug-likeness (QED) is 0.664. The van der Waals surface area contributed by atoms with E-state index in [2.05, 4.69) is 22.4 Å². The van der Waals surface area contributed by atoms with Crippen LogP contribution in [0.5, 0.6) is 0 Å². The van der Waals surface area contributed by atoms with Crippen LogP contribution in [0.3, 0.4) is 0 Å². The van der Waals surface area contributed by atoms with Crippen molar-refractivity contribution in [1.82, 2.24) is 10.3 Å². The van der Waals surface area contributed by atoms with Crippen molar-refractivity contribution in [1.29, 1.82) is 0 Å². The van der Waals surface area contributed by atoms with Gasteiger partial charge in [-0.2, -0.15) is 0 Å². The Labute approximate surface area is 164 Å². The minimum atomic E-state index is -0.103. The summed E-state index contributed by atoms with van der Waals surface area (Å²) in [6.07, 6.45) is 2.40. The van der Waals surface area contributed by atoms with E-state index in [-0.39, 0.29) is 5.91 Å². The Bertz CT molecular complexity index is 899. The molecule has 138 valence electrons. The summed E-state index contributed by atoms with van der Waals surface area (Å²) in [5, 5.41) is 3.66. The maximum Gasteiger partial charge on any atom is 0.251 e. The number of amides is 1. The van der Waals surface area contributed by atoms with Gasteiger partial charge in [0.2, 0.25) is 0 Å². The predicted octanol–water partition coefficient (Wildman–Crippen LogP) is 4.34. The highest BCUT2D eigenvalue weighted by Crippen LogP contribution is 2.15. The number of halogens is 1. The van der Waals surface area contributed by atoms with Crippen LogP contribution in [-0.2, 0) is 13.0 Å². The summed E-state index contributed by atoms with van der Waals surface area (Å²) >= 11 is 5.99. The van der Waals surface area contributed by atoms with Gasteiger partial charge in [0.1, 0.15) is 5.82 Å². The van der Waals surface area contributed by atoms with Crippen LogP contribution in [-0.4, -0.2) is 24.5 Å². The molecule has 0 aliphatic carbocycles. The van der Waals surface area contributed by atoms with Crippen molar-refractivity contribution < 1.29 is 4.79 Å². The van der Waals surface area contributed by atoms with Crippen LogP contribution in [0.2, 0.25) is 5.02 Å². The highest BCUT2D eigenvalue weighted by molar-refractivity contribution is 6.30. The van der Waals surface area contributed by atoms with E-state index in [1.165, 1.54) is 5.56 Å². The number of rotatable bonds is 7. The zero-order valence-electron chi connectivity index (χ0n) is 15.2. The molecule has 0 saturated carbocycles. The summed E-state index contributed by atoms with van der Waals surface area (Å²) in [4.78, 5) is 18.9. The van der Waals surface area contributed by atoms with E-state index in [1.54, 1.807) is 12.3 Å². The molecule has 1 aromatic heterocycles. The Morgan fingerprint density at radius 2 is 1.81 bits per heavy atom. The van der Waals surface area contributed by atoms with Gasteiger partial charge < -0.3 is 10.2 Å². The zero-order chi connectivity index (χ0) is 19.1. The van der Waals surface area contributed by atoms with E-state index in [0.717, 1.165) is 24.3 Å². The average molecular weight is 380 g/mol. The normalized spacial score (nSPS) is 10.4. The Kier molecular flexibility index (Phi) is 6.44. The van der Waals surface area contributed by atoms with Gasteiger partial charge in [0.25, 0.3) is 5.91 Å². The van der Waals surface area contributed by atoms with Gasteiger partial charge in [-0.25, -0.2) is 4.98 Å². The van der Waals surface area contributed by atoms with Gasteiger partial charge in [0.15, 0.2) is 0 Å². The first-order chi connectivity index (χ1) is 13.1. The maximum atomic E-state index is 12.5. The Hall–Kier alpha value is -2.85. The predicted molar refractivity (Wildman–Crippen MR) is 110 cm³/mol. The molecular formula is C22H22ClN3O. The van der Waals surface area contributed by atoms with Crippen LogP contribution in [0.25, 0.3) is 0 Å². The van der Waals surface area contributed by atoms with Crippen LogP contribution in [0.4, 0.5) is 5.82 Å². The molecule has 0 fully saturated rings. The van der Waals surface area contributed by atoms with E-state index in [1.807, 2.05) is 60.5 Å². The third-order valence-corrected chi connectivity index (χ3v) is 4.48. The average Bonchev–Trinajstić information content (AvgIpc) is 2.69. The summed E-state index contributed by atoms with van der Waals surface area (Å²) in [6.45, 7) is 1.28. The van der Waals surface area contributed by atoms with Crippen molar-refractivity contribution in [3.63, 3.8) is 0 Å². The largest absolute Gasteiger partial charge is 0.355 e. The number of hydrogen-bond donors (Lipinski definition) is 1. The third kappa shape index (κ3) is 5.56. The van der Waals surface area contributed by atoms with Gasteiger partial charge in [-0.15, -0.1) is 0 Å².